The van der Waals surface area contributed by atoms with Crippen molar-refractivity contribution in [3.8, 4) is 11.5 Å². The lowest BCUT2D eigenvalue weighted by Crippen LogP contribution is -1.98. The van der Waals surface area contributed by atoms with Crippen LogP contribution in [-0.4, -0.2) is 18.0 Å². The van der Waals surface area contributed by atoms with Gasteiger partial charge in [-0.05, 0) is 19.1 Å². The van der Waals surface area contributed by atoms with Crippen molar-refractivity contribution in [3.05, 3.63) is 23.3 Å². The molecule has 1 aromatic rings. The van der Waals surface area contributed by atoms with Crippen LogP contribution < -0.4 is 4.74 Å². The molecule has 14 heavy (non-hydrogen) atoms. The topological polar surface area (TPSA) is 46.5 Å². The summed E-state index contributed by atoms with van der Waals surface area (Å²) in [6.45, 7) is 3.53. The van der Waals surface area contributed by atoms with Crippen LogP contribution >= 0.6 is 0 Å². The summed E-state index contributed by atoms with van der Waals surface area (Å²) in [6, 6.07) is 3.13. The highest BCUT2D eigenvalue weighted by molar-refractivity contribution is 5.96. The molecule has 0 fully saturated rings. The maximum atomic E-state index is 11.4. The van der Waals surface area contributed by atoms with Gasteiger partial charge >= 0.3 is 0 Å². The summed E-state index contributed by atoms with van der Waals surface area (Å²) < 4.78 is 5.05. The number of phenols is 1. The Morgan fingerprint density at radius 2 is 2.14 bits per heavy atom. The Bertz CT molecular complexity index is 356. The molecule has 3 heteroatoms. The van der Waals surface area contributed by atoms with E-state index >= 15 is 0 Å². The molecule has 76 valence electrons. The summed E-state index contributed by atoms with van der Waals surface area (Å²) in [5, 5.41) is 9.52. The van der Waals surface area contributed by atoms with Crippen LogP contribution in [0.2, 0.25) is 0 Å². The number of carbonyl (C=O) groups excluding carboxylic acids is 1. The third kappa shape index (κ3) is 1.87. The second kappa shape index (κ2) is 4.13. The summed E-state index contributed by atoms with van der Waals surface area (Å²) in [6.07, 6.45) is 0.422. The van der Waals surface area contributed by atoms with Crippen molar-refractivity contribution in [3.63, 3.8) is 0 Å². The molecule has 3 nitrogen and oxygen atoms in total. The normalized spacial score (nSPS) is 9.93. The van der Waals surface area contributed by atoms with E-state index in [1.807, 2.05) is 0 Å². The molecule has 1 aromatic carbocycles. The SMILES string of the molecule is CCC(=O)c1cc(O)c(C)c(OC)c1. The zero-order chi connectivity index (χ0) is 10.7. The van der Waals surface area contributed by atoms with Crippen LogP contribution in [-0.2, 0) is 0 Å². The summed E-state index contributed by atoms with van der Waals surface area (Å²) in [4.78, 5) is 11.4. The van der Waals surface area contributed by atoms with Crippen LogP contribution in [0.4, 0.5) is 0 Å². The molecular formula is C11H14O3. The van der Waals surface area contributed by atoms with Gasteiger partial charge in [0.1, 0.15) is 11.5 Å². The Morgan fingerprint density at radius 3 is 2.64 bits per heavy atom. The number of aromatic hydroxyl groups is 1. The highest BCUT2D eigenvalue weighted by Gasteiger charge is 2.10. The molecule has 0 saturated heterocycles. The Labute approximate surface area is 83.3 Å². The first kappa shape index (κ1) is 10.6. The first-order valence-electron chi connectivity index (χ1n) is 4.51. The number of rotatable bonds is 3. The van der Waals surface area contributed by atoms with Gasteiger partial charge in [0.2, 0.25) is 0 Å². The average Bonchev–Trinajstić information content (AvgIpc) is 2.20. The summed E-state index contributed by atoms with van der Waals surface area (Å²) >= 11 is 0. The first-order valence-corrected chi connectivity index (χ1v) is 4.51. The van der Waals surface area contributed by atoms with Crippen molar-refractivity contribution in [2.75, 3.05) is 7.11 Å². The molecule has 0 aliphatic heterocycles. The van der Waals surface area contributed by atoms with E-state index in [9.17, 15) is 9.90 Å². The molecule has 0 amide bonds. The van der Waals surface area contributed by atoms with E-state index in [2.05, 4.69) is 0 Å². The Kier molecular flexibility index (Phi) is 3.12. The van der Waals surface area contributed by atoms with E-state index in [1.165, 1.54) is 13.2 Å². The predicted molar refractivity (Wildman–Crippen MR) is 54.0 cm³/mol. The number of ether oxygens (including phenoxy) is 1. The van der Waals surface area contributed by atoms with Crippen molar-refractivity contribution < 1.29 is 14.6 Å². The maximum Gasteiger partial charge on any atom is 0.162 e. The lowest BCUT2D eigenvalue weighted by Gasteiger charge is -2.08. The monoisotopic (exact) mass is 194 g/mol. The fraction of sp³-hybridized carbons (Fsp3) is 0.364. The number of methoxy groups -OCH3 is 1. The van der Waals surface area contributed by atoms with Crippen molar-refractivity contribution in [2.24, 2.45) is 0 Å². The first-order chi connectivity index (χ1) is 6.60. The average molecular weight is 194 g/mol. The number of carbonyl (C=O) groups is 1. The van der Waals surface area contributed by atoms with Gasteiger partial charge in [-0.2, -0.15) is 0 Å². The molecule has 0 aliphatic carbocycles. The van der Waals surface area contributed by atoms with Gasteiger partial charge in [-0.25, -0.2) is 0 Å². The van der Waals surface area contributed by atoms with Crippen LogP contribution in [0.15, 0.2) is 12.1 Å². The van der Waals surface area contributed by atoms with Crippen molar-refractivity contribution in [1.29, 1.82) is 0 Å². The molecule has 0 saturated carbocycles. The van der Waals surface area contributed by atoms with E-state index in [0.717, 1.165) is 0 Å². The Balaban J connectivity index is 3.22. The second-order valence-corrected chi connectivity index (χ2v) is 3.10. The molecule has 0 radical (unpaired) electrons. The Hall–Kier alpha value is -1.51. The van der Waals surface area contributed by atoms with Crippen LogP contribution in [0, 0.1) is 6.92 Å². The molecule has 1 rings (SSSR count). The number of Topliss-reactive ketones (excluding diaryl/α,β-unsaturated/α-hetero) is 1. The van der Waals surface area contributed by atoms with Gasteiger partial charge in [-0.1, -0.05) is 6.92 Å². The third-order valence-electron chi connectivity index (χ3n) is 2.20. The Morgan fingerprint density at radius 1 is 1.50 bits per heavy atom. The summed E-state index contributed by atoms with van der Waals surface area (Å²) in [5.74, 6) is 0.640. The van der Waals surface area contributed by atoms with Crippen LogP contribution in [0.5, 0.6) is 11.5 Å². The fourth-order valence-corrected chi connectivity index (χ4v) is 1.25. The second-order valence-electron chi connectivity index (χ2n) is 3.10. The van der Waals surface area contributed by atoms with Gasteiger partial charge in [-0.3, -0.25) is 4.79 Å². The van der Waals surface area contributed by atoms with Gasteiger partial charge in [0.25, 0.3) is 0 Å². The molecule has 0 aliphatic rings. The van der Waals surface area contributed by atoms with Gasteiger partial charge in [0.05, 0.1) is 7.11 Å². The quantitative estimate of drug-likeness (QED) is 0.751. The van der Waals surface area contributed by atoms with E-state index < -0.39 is 0 Å². The molecule has 0 heterocycles. The van der Waals surface area contributed by atoms with Crippen molar-refractivity contribution >= 4 is 5.78 Å². The molecule has 0 bridgehead atoms. The minimum absolute atomic E-state index is 0.00130. The van der Waals surface area contributed by atoms with E-state index in [4.69, 9.17) is 4.74 Å². The summed E-state index contributed by atoms with van der Waals surface area (Å²) in [7, 11) is 1.52. The number of hydrogen-bond donors (Lipinski definition) is 1. The predicted octanol–water partition coefficient (Wildman–Crippen LogP) is 2.30. The van der Waals surface area contributed by atoms with E-state index in [-0.39, 0.29) is 11.5 Å². The maximum absolute atomic E-state index is 11.4. The molecule has 0 aromatic heterocycles. The summed E-state index contributed by atoms with van der Waals surface area (Å²) in [5.41, 5.74) is 1.15. The number of benzene rings is 1. The smallest absolute Gasteiger partial charge is 0.162 e. The molecule has 0 spiro atoms. The number of hydrogen-bond acceptors (Lipinski definition) is 3. The van der Waals surface area contributed by atoms with Crippen LogP contribution in [0.3, 0.4) is 0 Å². The zero-order valence-corrected chi connectivity index (χ0v) is 8.63. The largest absolute Gasteiger partial charge is 0.508 e. The molecule has 0 atom stereocenters. The minimum Gasteiger partial charge on any atom is -0.508 e. The van der Waals surface area contributed by atoms with Crippen LogP contribution in [0.25, 0.3) is 0 Å². The fourth-order valence-electron chi connectivity index (χ4n) is 1.25. The van der Waals surface area contributed by atoms with E-state index in [1.54, 1.807) is 19.9 Å². The minimum atomic E-state index is -0.00130. The number of ketones is 1. The highest BCUT2D eigenvalue weighted by atomic mass is 16.5. The lowest BCUT2D eigenvalue weighted by atomic mass is 10.1. The molecule has 0 unspecified atom stereocenters. The van der Waals surface area contributed by atoms with Crippen molar-refractivity contribution in [1.82, 2.24) is 0 Å². The number of phenolic OH excluding ortho intramolecular Hbond substituents is 1. The molecular weight excluding hydrogens is 180 g/mol. The van der Waals surface area contributed by atoms with Gasteiger partial charge < -0.3 is 9.84 Å². The van der Waals surface area contributed by atoms with Crippen molar-refractivity contribution in [2.45, 2.75) is 20.3 Å². The standard InChI is InChI=1S/C11H14O3/c1-4-9(12)8-5-10(13)7(2)11(6-8)14-3/h5-6,13H,4H2,1-3H3. The lowest BCUT2D eigenvalue weighted by molar-refractivity contribution is 0.0987. The van der Waals surface area contributed by atoms with Gasteiger partial charge in [0.15, 0.2) is 5.78 Å². The van der Waals surface area contributed by atoms with E-state index in [0.29, 0.717) is 23.3 Å². The highest BCUT2D eigenvalue weighted by Crippen LogP contribution is 2.28. The van der Waals surface area contributed by atoms with Crippen LogP contribution in [0.1, 0.15) is 29.3 Å². The third-order valence-corrected chi connectivity index (χ3v) is 2.20. The molecule has 1 N–H and O–H groups in total. The van der Waals surface area contributed by atoms with Gasteiger partial charge in [0, 0.05) is 17.5 Å². The zero-order valence-electron chi connectivity index (χ0n) is 8.63. The van der Waals surface area contributed by atoms with Gasteiger partial charge in [-0.15, -0.1) is 0 Å².